The number of ether oxygens (including phenoxy) is 1. The van der Waals surface area contributed by atoms with Gasteiger partial charge in [-0.15, -0.1) is 0 Å². The van der Waals surface area contributed by atoms with Gasteiger partial charge in [-0.3, -0.25) is 4.98 Å². The van der Waals surface area contributed by atoms with Gasteiger partial charge >= 0.3 is 6.03 Å². The highest BCUT2D eigenvalue weighted by molar-refractivity contribution is 5.91. The molecule has 168 valence electrons. The van der Waals surface area contributed by atoms with Crippen LogP contribution in [0.3, 0.4) is 0 Å². The zero-order valence-corrected chi connectivity index (χ0v) is 19.1. The van der Waals surface area contributed by atoms with Crippen LogP contribution >= 0.6 is 0 Å². The summed E-state index contributed by atoms with van der Waals surface area (Å²) in [7, 11) is 1.57. The SMILES string of the molecule is CCCC(Nc1nc(-c2ccc(NC(=O)NCC)c(OC)c2)cnc1C)c1ccccc1. The fourth-order valence-corrected chi connectivity index (χ4v) is 3.47. The monoisotopic (exact) mass is 433 g/mol. The van der Waals surface area contributed by atoms with Crippen molar-refractivity contribution in [2.24, 2.45) is 0 Å². The summed E-state index contributed by atoms with van der Waals surface area (Å²) < 4.78 is 5.49. The van der Waals surface area contributed by atoms with Crippen LogP contribution in [0.1, 0.15) is 44.0 Å². The number of anilines is 2. The average Bonchev–Trinajstić information content (AvgIpc) is 2.81. The minimum absolute atomic E-state index is 0.155. The lowest BCUT2D eigenvalue weighted by molar-refractivity contribution is 0.252. The molecule has 3 aromatic rings. The van der Waals surface area contributed by atoms with Crippen LogP contribution in [0, 0.1) is 6.92 Å². The maximum atomic E-state index is 11.9. The van der Waals surface area contributed by atoms with Gasteiger partial charge in [-0.05, 0) is 38.0 Å². The Labute approximate surface area is 189 Å². The van der Waals surface area contributed by atoms with Crippen LogP contribution < -0.4 is 20.7 Å². The summed E-state index contributed by atoms with van der Waals surface area (Å²) in [5.74, 6) is 1.31. The third-order valence-electron chi connectivity index (χ3n) is 5.13. The molecule has 3 rings (SSSR count). The molecule has 0 aliphatic heterocycles. The van der Waals surface area contributed by atoms with Crippen molar-refractivity contribution in [2.75, 3.05) is 24.3 Å². The summed E-state index contributed by atoms with van der Waals surface area (Å²) in [4.78, 5) is 21.3. The van der Waals surface area contributed by atoms with Crippen LogP contribution in [0.4, 0.5) is 16.3 Å². The maximum absolute atomic E-state index is 11.9. The molecule has 2 amide bonds. The standard InChI is InChI=1S/C25H31N5O2/c1-5-10-20(18-11-8-7-9-12-18)28-24-17(3)27-16-22(29-24)19-13-14-21(23(15-19)32-4)30-25(31)26-6-2/h7-9,11-16,20H,5-6,10H2,1-4H3,(H,28,29)(H2,26,30,31). The number of carbonyl (C=O) groups is 1. The molecule has 0 bridgehead atoms. The van der Waals surface area contributed by atoms with Gasteiger partial charge in [-0.1, -0.05) is 49.7 Å². The molecule has 1 atom stereocenters. The van der Waals surface area contributed by atoms with E-state index in [9.17, 15) is 4.79 Å². The highest BCUT2D eigenvalue weighted by Crippen LogP contribution is 2.31. The number of nitrogens with zero attached hydrogens (tertiary/aromatic N) is 2. The van der Waals surface area contributed by atoms with E-state index in [0.717, 1.165) is 35.6 Å². The number of urea groups is 1. The van der Waals surface area contributed by atoms with Gasteiger partial charge in [0.25, 0.3) is 0 Å². The first-order valence-electron chi connectivity index (χ1n) is 10.9. The van der Waals surface area contributed by atoms with Crippen molar-refractivity contribution in [2.45, 2.75) is 39.7 Å². The van der Waals surface area contributed by atoms with E-state index in [4.69, 9.17) is 9.72 Å². The predicted molar refractivity (Wildman–Crippen MR) is 129 cm³/mol. The first-order valence-corrected chi connectivity index (χ1v) is 10.9. The van der Waals surface area contributed by atoms with Crippen molar-refractivity contribution in [3.8, 4) is 17.0 Å². The van der Waals surface area contributed by atoms with E-state index in [-0.39, 0.29) is 12.1 Å². The molecule has 3 N–H and O–H groups in total. The van der Waals surface area contributed by atoms with Crippen LogP contribution in [-0.2, 0) is 0 Å². The molecule has 0 aliphatic rings. The van der Waals surface area contributed by atoms with Gasteiger partial charge in [0.15, 0.2) is 0 Å². The fraction of sp³-hybridized carbons (Fsp3) is 0.320. The second-order valence-corrected chi connectivity index (χ2v) is 7.49. The molecule has 1 aromatic heterocycles. The number of nitrogens with one attached hydrogen (secondary N) is 3. The van der Waals surface area contributed by atoms with E-state index in [1.165, 1.54) is 5.56 Å². The maximum Gasteiger partial charge on any atom is 0.319 e. The van der Waals surface area contributed by atoms with Gasteiger partial charge < -0.3 is 20.7 Å². The summed E-state index contributed by atoms with van der Waals surface area (Å²) in [6.07, 6.45) is 3.79. The van der Waals surface area contributed by atoms with Crippen molar-refractivity contribution < 1.29 is 9.53 Å². The number of rotatable bonds is 9. The van der Waals surface area contributed by atoms with Crippen molar-refractivity contribution >= 4 is 17.5 Å². The quantitative estimate of drug-likeness (QED) is 0.411. The lowest BCUT2D eigenvalue weighted by atomic mass is 10.0. The third kappa shape index (κ3) is 5.75. The summed E-state index contributed by atoms with van der Waals surface area (Å²) in [5, 5.41) is 9.09. The minimum Gasteiger partial charge on any atom is -0.495 e. The molecule has 0 fully saturated rings. The second kappa shape index (κ2) is 11.1. The number of amides is 2. The molecule has 7 heteroatoms. The molecule has 0 saturated heterocycles. The molecule has 0 spiro atoms. The Morgan fingerprint density at radius 2 is 1.91 bits per heavy atom. The molecule has 2 aromatic carbocycles. The Bertz CT molecular complexity index is 1040. The van der Waals surface area contributed by atoms with E-state index in [1.54, 1.807) is 13.3 Å². The topological polar surface area (TPSA) is 88.2 Å². The van der Waals surface area contributed by atoms with Gasteiger partial charge in [-0.2, -0.15) is 0 Å². The number of hydrogen-bond donors (Lipinski definition) is 3. The van der Waals surface area contributed by atoms with Crippen LogP contribution in [0.25, 0.3) is 11.3 Å². The van der Waals surface area contributed by atoms with Crippen molar-refractivity contribution in [3.05, 3.63) is 66.0 Å². The van der Waals surface area contributed by atoms with Gasteiger partial charge in [0.2, 0.25) is 0 Å². The first kappa shape index (κ1) is 23.1. The molecule has 1 heterocycles. The average molecular weight is 434 g/mol. The van der Waals surface area contributed by atoms with Crippen LogP contribution in [0.2, 0.25) is 0 Å². The Balaban J connectivity index is 1.88. The Kier molecular flexibility index (Phi) is 8.02. The number of aromatic nitrogens is 2. The first-order chi connectivity index (χ1) is 15.5. The summed E-state index contributed by atoms with van der Waals surface area (Å²) >= 11 is 0. The fourth-order valence-electron chi connectivity index (χ4n) is 3.47. The van der Waals surface area contributed by atoms with Crippen molar-refractivity contribution in [1.29, 1.82) is 0 Å². The highest BCUT2D eigenvalue weighted by atomic mass is 16.5. The largest absolute Gasteiger partial charge is 0.495 e. The molecule has 7 nitrogen and oxygen atoms in total. The normalized spacial score (nSPS) is 11.5. The van der Waals surface area contributed by atoms with E-state index < -0.39 is 0 Å². The smallest absolute Gasteiger partial charge is 0.319 e. The van der Waals surface area contributed by atoms with Gasteiger partial charge in [-0.25, -0.2) is 9.78 Å². The number of benzene rings is 2. The van der Waals surface area contributed by atoms with E-state index in [1.807, 2.05) is 38.1 Å². The Hall–Kier alpha value is -3.61. The van der Waals surface area contributed by atoms with Crippen molar-refractivity contribution in [3.63, 3.8) is 0 Å². The predicted octanol–water partition coefficient (Wildman–Crippen LogP) is 5.56. The zero-order valence-electron chi connectivity index (χ0n) is 19.1. The number of methoxy groups -OCH3 is 1. The van der Waals surface area contributed by atoms with Gasteiger partial charge in [0, 0.05) is 12.1 Å². The van der Waals surface area contributed by atoms with E-state index >= 15 is 0 Å². The summed E-state index contributed by atoms with van der Waals surface area (Å²) in [5.41, 5.74) is 4.23. The minimum atomic E-state index is -0.275. The lowest BCUT2D eigenvalue weighted by Gasteiger charge is -2.20. The van der Waals surface area contributed by atoms with Gasteiger partial charge in [0.05, 0.1) is 36.4 Å². The molecule has 0 aliphatic carbocycles. The zero-order chi connectivity index (χ0) is 22.9. The number of aryl methyl sites for hydroxylation is 1. The number of hydrogen-bond acceptors (Lipinski definition) is 5. The van der Waals surface area contributed by atoms with Gasteiger partial charge in [0.1, 0.15) is 11.6 Å². The van der Waals surface area contributed by atoms with E-state index in [0.29, 0.717) is 18.0 Å². The van der Waals surface area contributed by atoms with E-state index in [2.05, 4.69) is 52.1 Å². The number of carbonyl (C=O) groups excluding carboxylic acids is 1. The molecular formula is C25H31N5O2. The Morgan fingerprint density at radius 3 is 2.59 bits per heavy atom. The second-order valence-electron chi connectivity index (χ2n) is 7.49. The van der Waals surface area contributed by atoms with Crippen molar-refractivity contribution in [1.82, 2.24) is 15.3 Å². The van der Waals surface area contributed by atoms with Crippen LogP contribution in [-0.4, -0.2) is 29.7 Å². The molecule has 0 radical (unpaired) electrons. The molecule has 0 saturated carbocycles. The van der Waals surface area contributed by atoms with Crippen LogP contribution in [0.5, 0.6) is 5.75 Å². The molecule has 1 unspecified atom stereocenters. The highest BCUT2D eigenvalue weighted by Gasteiger charge is 2.15. The molecule has 32 heavy (non-hydrogen) atoms. The van der Waals surface area contributed by atoms with Crippen LogP contribution in [0.15, 0.2) is 54.7 Å². The molecular weight excluding hydrogens is 402 g/mol. The summed E-state index contributed by atoms with van der Waals surface area (Å²) in [6.45, 7) is 6.54. The Morgan fingerprint density at radius 1 is 1.12 bits per heavy atom. The summed E-state index contributed by atoms with van der Waals surface area (Å²) in [6, 6.07) is 15.8. The lowest BCUT2D eigenvalue weighted by Crippen LogP contribution is -2.28. The third-order valence-corrected chi connectivity index (χ3v) is 5.13.